The fourth-order valence-corrected chi connectivity index (χ4v) is 5.61. The summed E-state index contributed by atoms with van der Waals surface area (Å²) in [5.41, 5.74) is 0.416. The van der Waals surface area contributed by atoms with Gasteiger partial charge in [-0.05, 0) is 64.3 Å². The molecule has 2 aliphatic heterocycles. The molecular formula is C21H33N3O4S. The first-order chi connectivity index (χ1) is 13.9. The number of benzene rings is 1. The van der Waals surface area contributed by atoms with Crippen LogP contribution in [-0.4, -0.2) is 62.4 Å². The van der Waals surface area contributed by atoms with Gasteiger partial charge in [-0.1, -0.05) is 12.8 Å². The molecule has 0 spiro atoms. The van der Waals surface area contributed by atoms with Crippen LogP contribution in [0.15, 0.2) is 23.1 Å². The van der Waals surface area contributed by atoms with E-state index in [2.05, 4.69) is 17.1 Å². The lowest BCUT2D eigenvalue weighted by molar-refractivity contribution is -0.118. The van der Waals surface area contributed by atoms with E-state index < -0.39 is 10.0 Å². The molecule has 2 aliphatic rings. The summed E-state index contributed by atoms with van der Waals surface area (Å²) in [4.78, 5) is 15.0. The minimum absolute atomic E-state index is 0.146. The molecule has 0 aromatic heterocycles. The van der Waals surface area contributed by atoms with Crippen LogP contribution in [-0.2, 0) is 14.8 Å². The van der Waals surface area contributed by atoms with Crippen molar-refractivity contribution in [2.45, 2.75) is 63.3 Å². The van der Waals surface area contributed by atoms with Crippen molar-refractivity contribution in [2.75, 3.05) is 38.1 Å². The first kappa shape index (κ1) is 22.1. The van der Waals surface area contributed by atoms with Gasteiger partial charge in [-0.15, -0.1) is 0 Å². The average molecular weight is 424 g/mol. The van der Waals surface area contributed by atoms with E-state index in [1.54, 1.807) is 12.1 Å². The highest BCUT2D eigenvalue weighted by molar-refractivity contribution is 7.89. The minimum Gasteiger partial charge on any atom is -0.492 e. The number of sulfonamides is 1. The van der Waals surface area contributed by atoms with Crippen molar-refractivity contribution in [3.63, 3.8) is 0 Å². The first-order valence-electron chi connectivity index (χ1n) is 10.7. The maximum atomic E-state index is 13.0. The minimum atomic E-state index is -3.57. The number of carbonyl (C=O) groups excluding carboxylic acids is 1. The summed E-state index contributed by atoms with van der Waals surface area (Å²) in [5, 5.41) is 2.89. The third kappa shape index (κ3) is 5.49. The molecule has 3 rings (SSSR count). The second-order valence-electron chi connectivity index (χ2n) is 7.92. The molecule has 8 heteroatoms. The number of carbonyl (C=O) groups is 1. The Balaban J connectivity index is 1.78. The zero-order valence-electron chi connectivity index (χ0n) is 17.5. The number of nitrogens with zero attached hydrogens (tertiary/aromatic N) is 2. The topological polar surface area (TPSA) is 79.0 Å². The van der Waals surface area contributed by atoms with E-state index in [4.69, 9.17) is 4.74 Å². The molecule has 0 unspecified atom stereocenters. The van der Waals surface area contributed by atoms with Crippen molar-refractivity contribution in [1.82, 2.24) is 9.21 Å². The zero-order chi connectivity index (χ0) is 20.9. The Kier molecular flexibility index (Phi) is 7.54. The summed E-state index contributed by atoms with van der Waals surface area (Å²) in [6.45, 7) is 6.74. The van der Waals surface area contributed by atoms with Crippen LogP contribution in [0, 0.1) is 0 Å². The normalized spacial score (nSPS) is 21.7. The van der Waals surface area contributed by atoms with E-state index in [9.17, 15) is 13.2 Å². The number of likely N-dealkylation sites (tertiary alicyclic amines) is 1. The molecule has 1 amide bonds. The van der Waals surface area contributed by atoms with Crippen molar-refractivity contribution in [3.8, 4) is 5.75 Å². The van der Waals surface area contributed by atoms with Gasteiger partial charge < -0.3 is 10.1 Å². The van der Waals surface area contributed by atoms with Crippen LogP contribution in [0.4, 0.5) is 5.69 Å². The maximum absolute atomic E-state index is 13.0. The Morgan fingerprint density at radius 2 is 1.86 bits per heavy atom. The standard InChI is InChI=1S/C21H33N3O4S/c1-3-28-20-11-10-18(29(26,27)24-13-6-4-7-14-24)15-19(20)22-21(25)16-23-12-8-5-9-17(23)2/h10-11,15,17H,3-9,12-14,16H2,1-2H3,(H,22,25)/t17-/m0/s1. The number of ether oxygens (including phenoxy) is 1. The van der Waals surface area contributed by atoms with E-state index in [-0.39, 0.29) is 10.8 Å². The highest BCUT2D eigenvalue weighted by atomic mass is 32.2. The molecule has 2 heterocycles. The Morgan fingerprint density at radius 3 is 2.55 bits per heavy atom. The molecule has 162 valence electrons. The molecule has 1 aromatic carbocycles. The number of hydrogen-bond donors (Lipinski definition) is 1. The zero-order valence-corrected chi connectivity index (χ0v) is 18.3. The summed E-state index contributed by atoms with van der Waals surface area (Å²) in [6, 6.07) is 5.12. The van der Waals surface area contributed by atoms with Gasteiger partial charge in [-0.3, -0.25) is 9.69 Å². The van der Waals surface area contributed by atoms with Gasteiger partial charge in [-0.2, -0.15) is 4.31 Å². The smallest absolute Gasteiger partial charge is 0.243 e. The molecule has 7 nitrogen and oxygen atoms in total. The van der Waals surface area contributed by atoms with Crippen LogP contribution in [0.25, 0.3) is 0 Å². The van der Waals surface area contributed by atoms with Crippen molar-refractivity contribution in [3.05, 3.63) is 18.2 Å². The van der Waals surface area contributed by atoms with E-state index in [0.717, 1.165) is 38.6 Å². The van der Waals surface area contributed by atoms with Crippen LogP contribution in [0.5, 0.6) is 5.75 Å². The van der Waals surface area contributed by atoms with Gasteiger partial charge in [-0.25, -0.2) is 8.42 Å². The Bertz CT molecular complexity index is 806. The largest absolute Gasteiger partial charge is 0.492 e. The van der Waals surface area contributed by atoms with Crippen molar-refractivity contribution in [2.24, 2.45) is 0 Å². The highest BCUT2D eigenvalue weighted by Gasteiger charge is 2.27. The van der Waals surface area contributed by atoms with Crippen LogP contribution in [0.1, 0.15) is 52.4 Å². The second kappa shape index (κ2) is 9.91. The molecule has 1 atom stereocenters. The fraction of sp³-hybridized carbons (Fsp3) is 0.667. The van der Waals surface area contributed by atoms with Gasteiger partial charge in [0.15, 0.2) is 0 Å². The van der Waals surface area contributed by atoms with Crippen LogP contribution >= 0.6 is 0 Å². The van der Waals surface area contributed by atoms with Gasteiger partial charge in [0, 0.05) is 19.1 Å². The monoisotopic (exact) mass is 423 g/mol. The molecule has 0 radical (unpaired) electrons. The number of piperidine rings is 2. The van der Waals surface area contributed by atoms with Crippen molar-refractivity contribution in [1.29, 1.82) is 0 Å². The molecule has 0 bridgehead atoms. The summed E-state index contributed by atoms with van der Waals surface area (Å²) in [5.74, 6) is 0.345. The number of anilines is 1. The Hall–Kier alpha value is -1.64. The lowest BCUT2D eigenvalue weighted by atomic mass is 10.0. The molecular weight excluding hydrogens is 390 g/mol. The quantitative estimate of drug-likeness (QED) is 0.729. The molecule has 1 N–H and O–H groups in total. The van der Waals surface area contributed by atoms with Crippen LogP contribution in [0.2, 0.25) is 0 Å². The van der Waals surface area contributed by atoms with E-state index in [1.165, 1.54) is 16.8 Å². The lowest BCUT2D eigenvalue weighted by Crippen LogP contribution is -2.42. The lowest BCUT2D eigenvalue weighted by Gasteiger charge is -2.32. The average Bonchev–Trinajstić information content (AvgIpc) is 2.72. The summed E-state index contributed by atoms with van der Waals surface area (Å²) >= 11 is 0. The van der Waals surface area contributed by atoms with Gasteiger partial charge in [0.25, 0.3) is 0 Å². The van der Waals surface area contributed by atoms with Gasteiger partial charge in [0.2, 0.25) is 15.9 Å². The molecule has 2 saturated heterocycles. The third-order valence-electron chi connectivity index (χ3n) is 5.77. The van der Waals surface area contributed by atoms with Crippen LogP contribution < -0.4 is 10.1 Å². The molecule has 1 aromatic rings. The number of hydrogen-bond acceptors (Lipinski definition) is 5. The SMILES string of the molecule is CCOc1ccc(S(=O)(=O)N2CCCCC2)cc1NC(=O)CN1CCCC[C@@H]1C. The number of amides is 1. The van der Waals surface area contributed by atoms with Gasteiger partial charge >= 0.3 is 0 Å². The van der Waals surface area contributed by atoms with E-state index in [0.29, 0.717) is 43.7 Å². The van der Waals surface area contributed by atoms with Crippen LogP contribution in [0.3, 0.4) is 0 Å². The first-order valence-corrected chi connectivity index (χ1v) is 12.2. The highest BCUT2D eigenvalue weighted by Crippen LogP contribution is 2.30. The summed E-state index contributed by atoms with van der Waals surface area (Å²) in [6.07, 6.45) is 6.23. The van der Waals surface area contributed by atoms with E-state index in [1.807, 2.05) is 6.92 Å². The van der Waals surface area contributed by atoms with Gasteiger partial charge in [0.1, 0.15) is 5.75 Å². The predicted octanol–water partition coefficient (Wildman–Crippen LogP) is 3.07. The van der Waals surface area contributed by atoms with E-state index >= 15 is 0 Å². The molecule has 2 fully saturated rings. The maximum Gasteiger partial charge on any atom is 0.243 e. The second-order valence-corrected chi connectivity index (χ2v) is 9.86. The number of rotatable bonds is 7. The summed E-state index contributed by atoms with van der Waals surface area (Å²) in [7, 11) is -3.57. The van der Waals surface area contributed by atoms with Crippen molar-refractivity contribution < 1.29 is 17.9 Å². The molecule has 0 aliphatic carbocycles. The molecule has 0 saturated carbocycles. The summed E-state index contributed by atoms with van der Waals surface area (Å²) < 4.78 is 33.2. The van der Waals surface area contributed by atoms with Gasteiger partial charge in [0.05, 0.1) is 23.7 Å². The molecule has 29 heavy (non-hydrogen) atoms. The third-order valence-corrected chi connectivity index (χ3v) is 7.66. The number of nitrogens with one attached hydrogen (secondary N) is 1. The Morgan fingerprint density at radius 1 is 1.14 bits per heavy atom. The fourth-order valence-electron chi connectivity index (χ4n) is 4.07. The predicted molar refractivity (Wildman–Crippen MR) is 114 cm³/mol. The Labute approximate surface area is 174 Å². The van der Waals surface area contributed by atoms with Crippen molar-refractivity contribution >= 4 is 21.6 Å².